The lowest BCUT2D eigenvalue weighted by atomic mass is 9.91. The van der Waals surface area contributed by atoms with Gasteiger partial charge in [-0.2, -0.15) is 0 Å². The summed E-state index contributed by atoms with van der Waals surface area (Å²) in [5.74, 6) is 0.107. The summed E-state index contributed by atoms with van der Waals surface area (Å²) < 4.78 is 0. The van der Waals surface area contributed by atoms with Gasteiger partial charge in [0, 0.05) is 50.5 Å². The van der Waals surface area contributed by atoms with Crippen LogP contribution in [0.1, 0.15) is 35.3 Å². The topological polar surface area (TPSA) is 62.5 Å². The molecule has 0 spiro atoms. The quantitative estimate of drug-likeness (QED) is 0.887. The molecular formula is C15H22N4O. The Balaban J connectivity index is 1.60. The third-order valence-corrected chi connectivity index (χ3v) is 4.47. The summed E-state index contributed by atoms with van der Waals surface area (Å²) in [5.41, 5.74) is 7.05. The Morgan fingerprint density at radius 3 is 2.65 bits per heavy atom. The Hall–Kier alpha value is -1.46. The van der Waals surface area contributed by atoms with Crippen LogP contribution < -0.4 is 5.73 Å². The number of piperazine rings is 1. The minimum atomic E-state index is 0.107. The molecule has 1 saturated carbocycles. The van der Waals surface area contributed by atoms with Gasteiger partial charge in [-0.3, -0.25) is 14.7 Å². The van der Waals surface area contributed by atoms with Gasteiger partial charge >= 0.3 is 0 Å². The highest BCUT2D eigenvalue weighted by atomic mass is 16.2. The third kappa shape index (κ3) is 2.69. The second kappa shape index (κ2) is 5.89. The van der Waals surface area contributed by atoms with Gasteiger partial charge in [-0.1, -0.05) is 6.42 Å². The highest BCUT2D eigenvalue weighted by molar-refractivity contribution is 5.94. The van der Waals surface area contributed by atoms with Crippen molar-refractivity contribution < 1.29 is 4.79 Å². The molecule has 5 heteroatoms. The van der Waals surface area contributed by atoms with Crippen LogP contribution in [0, 0.1) is 0 Å². The molecule has 0 radical (unpaired) electrons. The second-order valence-electron chi connectivity index (χ2n) is 5.65. The van der Waals surface area contributed by atoms with Crippen molar-refractivity contribution >= 4 is 5.91 Å². The molecule has 20 heavy (non-hydrogen) atoms. The number of pyridine rings is 1. The standard InChI is InChI=1S/C15H22N4O/c16-11-13-10-12(4-5-17-13)15(20)19-8-6-18(7-9-19)14-2-1-3-14/h4-5,10,14H,1-3,6-9,11,16H2. The van der Waals surface area contributed by atoms with Gasteiger partial charge in [0.15, 0.2) is 0 Å². The fraction of sp³-hybridized carbons (Fsp3) is 0.600. The molecule has 0 atom stereocenters. The Kier molecular flexibility index (Phi) is 3.98. The van der Waals surface area contributed by atoms with E-state index in [9.17, 15) is 4.79 Å². The van der Waals surface area contributed by atoms with Crippen molar-refractivity contribution in [2.75, 3.05) is 26.2 Å². The summed E-state index contributed by atoms with van der Waals surface area (Å²) in [6.45, 7) is 4.04. The number of nitrogens with two attached hydrogens (primary N) is 1. The van der Waals surface area contributed by atoms with Crippen molar-refractivity contribution in [3.05, 3.63) is 29.6 Å². The first-order valence-corrected chi connectivity index (χ1v) is 7.46. The van der Waals surface area contributed by atoms with E-state index >= 15 is 0 Å². The van der Waals surface area contributed by atoms with E-state index in [1.807, 2.05) is 4.90 Å². The molecule has 2 N–H and O–H groups in total. The number of carbonyl (C=O) groups excluding carboxylic acids is 1. The van der Waals surface area contributed by atoms with E-state index < -0.39 is 0 Å². The summed E-state index contributed by atoms with van der Waals surface area (Å²) in [7, 11) is 0. The molecule has 0 bridgehead atoms. The van der Waals surface area contributed by atoms with Crippen LogP contribution in [0.3, 0.4) is 0 Å². The average molecular weight is 274 g/mol. The van der Waals surface area contributed by atoms with Gasteiger partial charge in [-0.15, -0.1) is 0 Å². The minimum Gasteiger partial charge on any atom is -0.336 e. The highest BCUT2D eigenvalue weighted by Crippen LogP contribution is 2.25. The van der Waals surface area contributed by atoms with Crippen LogP contribution in [0.5, 0.6) is 0 Å². The van der Waals surface area contributed by atoms with Crippen molar-refractivity contribution in [3.8, 4) is 0 Å². The summed E-state index contributed by atoms with van der Waals surface area (Å²) in [4.78, 5) is 21.1. The van der Waals surface area contributed by atoms with E-state index in [4.69, 9.17) is 5.73 Å². The Labute approximate surface area is 119 Å². The van der Waals surface area contributed by atoms with Gasteiger partial charge in [-0.25, -0.2) is 0 Å². The molecule has 108 valence electrons. The molecule has 3 rings (SSSR count). The molecule has 0 unspecified atom stereocenters. The van der Waals surface area contributed by atoms with Crippen LogP contribution in [-0.2, 0) is 6.54 Å². The number of amides is 1. The number of aromatic nitrogens is 1. The lowest BCUT2D eigenvalue weighted by Gasteiger charge is -2.42. The largest absolute Gasteiger partial charge is 0.336 e. The monoisotopic (exact) mass is 274 g/mol. The van der Waals surface area contributed by atoms with Crippen molar-refractivity contribution in [1.29, 1.82) is 0 Å². The summed E-state index contributed by atoms with van der Waals surface area (Å²) in [6, 6.07) is 4.36. The van der Waals surface area contributed by atoms with Crippen molar-refractivity contribution in [2.45, 2.75) is 31.8 Å². The molecule has 2 heterocycles. The van der Waals surface area contributed by atoms with E-state index in [1.54, 1.807) is 18.3 Å². The van der Waals surface area contributed by atoms with Crippen LogP contribution in [0.25, 0.3) is 0 Å². The predicted molar refractivity (Wildman–Crippen MR) is 77.2 cm³/mol. The molecule has 2 fully saturated rings. The normalized spacial score (nSPS) is 20.8. The molecule has 0 aromatic carbocycles. The molecule has 1 aliphatic carbocycles. The maximum Gasteiger partial charge on any atom is 0.254 e. The number of carbonyl (C=O) groups is 1. The van der Waals surface area contributed by atoms with E-state index in [1.165, 1.54) is 19.3 Å². The summed E-state index contributed by atoms with van der Waals surface area (Å²) >= 11 is 0. The number of hydrogen-bond donors (Lipinski definition) is 1. The number of rotatable bonds is 3. The Morgan fingerprint density at radius 1 is 1.30 bits per heavy atom. The van der Waals surface area contributed by atoms with E-state index in [0.717, 1.165) is 37.9 Å². The van der Waals surface area contributed by atoms with E-state index in [0.29, 0.717) is 12.1 Å². The second-order valence-corrected chi connectivity index (χ2v) is 5.65. The minimum absolute atomic E-state index is 0.107. The SMILES string of the molecule is NCc1cc(C(=O)N2CCN(C3CCC3)CC2)ccn1. The molecule has 2 aliphatic rings. The third-order valence-electron chi connectivity index (χ3n) is 4.47. The lowest BCUT2D eigenvalue weighted by Crippen LogP contribution is -2.53. The molecule has 1 saturated heterocycles. The summed E-state index contributed by atoms with van der Waals surface area (Å²) in [6.07, 6.45) is 5.69. The van der Waals surface area contributed by atoms with E-state index in [2.05, 4.69) is 9.88 Å². The molecule has 1 amide bonds. The van der Waals surface area contributed by atoms with Crippen molar-refractivity contribution in [2.24, 2.45) is 5.73 Å². The van der Waals surface area contributed by atoms with Crippen molar-refractivity contribution in [1.82, 2.24) is 14.8 Å². The molecule has 1 aromatic heterocycles. The van der Waals surface area contributed by atoms with Crippen LogP contribution in [0.15, 0.2) is 18.3 Å². The fourth-order valence-corrected chi connectivity index (χ4v) is 2.95. The van der Waals surface area contributed by atoms with Gasteiger partial charge in [0.2, 0.25) is 0 Å². The summed E-state index contributed by atoms with van der Waals surface area (Å²) in [5, 5.41) is 0. The zero-order valence-electron chi connectivity index (χ0n) is 11.8. The van der Waals surface area contributed by atoms with Gasteiger partial charge < -0.3 is 10.6 Å². The molecule has 1 aliphatic heterocycles. The molecule has 5 nitrogen and oxygen atoms in total. The van der Waals surface area contributed by atoms with Gasteiger partial charge in [0.05, 0.1) is 5.69 Å². The molecular weight excluding hydrogens is 252 g/mol. The fourth-order valence-electron chi connectivity index (χ4n) is 2.95. The molecule has 1 aromatic rings. The zero-order valence-corrected chi connectivity index (χ0v) is 11.8. The number of hydrogen-bond acceptors (Lipinski definition) is 4. The van der Waals surface area contributed by atoms with Crippen LogP contribution in [-0.4, -0.2) is 52.9 Å². The van der Waals surface area contributed by atoms with Gasteiger partial charge in [-0.05, 0) is 25.0 Å². The van der Waals surface area contributed by atoms with Gasteiger partial charge in [0.1, 0.15) is 0 Å². The Bertz CT molecular complexity index is 479. The highest BCUT2D eigenvalue weighted by Gasteiger charge is 2.29. The van der Waals surface area contributed by atoms with Crippen LogP contribution in [0.4, 0.5) is 0 Å². The first-order chi connectivity index (χ1) is 9.78. The predicted octanol–water partition coefficient (Wildman–Crippen LogP) is 0.851. The maximum atomic E-state index is 12.5. The van der Waals surface area contributed by atoms with E-state index in [-0.39, 0.29) is 5.91 Å². The van der Waals surface area contributed by atoms with Crippen LogP contribution in [0.2, 0.25) is 0 Å². The van der Waals surface area contributed by atoms with Crippen LogP contribution >= 0.6 is 0 Å². The Morgan fingerprint density at radius 2 is 2.05 bits per heavy atom. The zero-order chi connectivity index (χ0) is 13.9. The lowest BCUT2D eigenvalue weighted by molar-refractivity contribution is 0.0455. The average Bonchev–Trinajstić information content (AvgIpc) is 2.45. The first kappa shape index (κ1) is 13.5. The maximum absolute atomic E-state index is 12.5. The first-order valence-electron chi connectivity index (χ1n) is 7.46. The van der Waals surface area contributed by atoms with Crippen molar-refractivity contribution in [3.63, 3.8) is 0 Å². The number of nitrogens with zero attached hydrogens (tertiary/aromatic N) is 3. The smallest absolute Gasteiger partial charge is 0.254 e. The van der Waals surface area contributed by atoms with Gasteiger partial charge in [0.25, 0.3) is 5.91 Å².